The Morgan fingerprint density at radius 1 is 0.682 bits per heavy atom. The summed E-state index contributed by atoms with van der Waals surface area (Å²) in [6, 6.07) is 0.852. The van der Waals surface area contributed by atoms with Crippen LogP contribution in [0.15, 0.2) is 12.3 Å². The summed E-state index contributed by atoms with van der Waals surface area (Å²) in [6.07, 6.45) is 24.5. The Morgan fingerprint density at radius 2 is 1.32 bits per heavy atom. The quantitative estimate of drug-likeness (QED) is 0.712. The summed E-state index contributed by atoms with van der Waals surface area (Å²) >= 11 is 0. The fourth-order valence-electron chi connectivity index (χ4n) is 4.02. The molecule has 0 saturated heterocycles. The first-order valence-electron chi connectivity index (χ1n) is 10.1. The SMILES string of the molecule is C1=C\NCCN(C2CCCCCCCCCC2)CCCCC/1. The van der Waals surface area contributed by atoms with E-state index in [1.165, 1.54) is 103 Å². The van der Waals surface area contributed by atoms with Crippen LogP contribution in [0.5, 0.6) is 0 Å². The van der Waals surface area contributed by atoms with Crippen molar-refractivity contribution in [1.82, 2.24) is 10.2 Å². The lowest BCUT2D eigenvalue weighted by Gasteiger charge is -2.32. The molecular formula is C20H38N2. The topological polar surface area (TPSA) is 15.3 Å². The van der Waals surface area contributed by atoms with Gasteiger partial charge in [-0.15, -0.1) is 0 Å². The molecule has 2 heteroatoms. The van der Waals surface area contributed by atoms with E-state index in [-0.39, 0.29) is 0 Å². The highest BCUT2D eigenvalue weighted by Crippen LogP contribution is 2.21. The van der Waals surface area contributed by atoms with Gasteiger partial charge in [-0.1, -0.05) is 63.9 Å². The average Bonchev–Trinajstić information content (AvgIpc) is 2.64. The van der Waals surface area contributed by atoms with Gasteiger partial charge in [-0.05, 0) is 44.8 Å². The molecule has 0 aromatic carbocycles. The van der Waals surface area contributed by atoms with Crippen molar-refractivity contribution in [3.05, 3.63) is 12.3 Å². The van der Waals surface area contributed by atoms with E-state index < -0.39 is 0 Å². The van der Waals surface area contributed by atoms with E-state index in [9.17, 15) is 0 Å². The van der Waals surface area contributed by atoms with Crippen molar-refractivity contribution < 1.29 is 0 Å². The average molecular weight is 307 g/mol. The first kappa shape index (κ1) is 17.8. The lowest BCUT2D eigenvalue weighted by molar-refractivity contribution is 0.170. The zero-order valence-corrected chi connectivity index (χ0v) is 14.7. The van der Waals surface area contributed by atoms with Crippen LogP contribution in [0.4, 0.5) is 0 Å². The molecule has 1 fully saturated rings. The summed E-state index contributed by atoms with van der Waals surface area (Å²) in [4.78, 5) is 2.82. The Balaban J connectivity index is 1.85. The first-order valence-corrected chi connectivity index (χ1v) is 10.1. The van der Waals surface area contributed by atoms with Crippen LogP contribution < -0.4 is 5.32 Å². The van der Waals surface area contributed by atoms with Gasteiger partial charge in [0.1, 0.15) is 0 Å². The third-order valence-corrected chi connectivity index (χ3v) is 5.44. The molecule has 1 heterocycles. The van der Waals surface area contributed by atoms with Crippen molar-refractivity contribution in [1.29, 1.82) is 0 Å². The Bertz CT molecular complexity index is 275. The molecule has 1 saturated carbocycles. The molecular weight excluding hydrogens is 268 g/mol. The van der Waals surface area contributed by atoms with Crippen LogP contribution in [-0.2, 0) is 0 Å². The molecule has 1 N–H and O–H groups in total. The van der Waals surface area contributed by atoms with Gasteiger partial charge in [-0.25, -0.2) is 0 Å². The molecule has 22 heavy (non-hydrogen) atoms. The molecule has 0 bridgehead atoms. The summed E-state index contributed by atoms with van der Waals surface area (Å²) in [5.41, 5.74) is 0. The maximum atomic E-state index is 3.49. The zero-order valence-electron chi connectivity index (χ0n) is 14.7. The van der Waals surface area contributed by atoms with Gasteiger partial charge in [-0.3, -0.25) is 4.90 Å². The van der Waals surface area contributed by atoms with E-state index >= 15 is 0 Å². The maximum absolute atomic E-state index is 3.49. The molecule has 0 atom stereocenters. The minimum atomic E-state index is 0.852. The van der Waals surface area contributed by atoms with Gasteiger partial charge >= 0.3 is 0 Å². The Labute approximate surface area is 138 Å². The normalized spacial score (nSPS) is 27.1. The number of hydrogen-bond acceptors (Lipinski definition) is 2. The lowest BCUT2D eigenvalue weighted by Crippen LogP contribution is -2.40. The van der Waals surface area contributed by atoms with Crippen LogP contribution in [0.25, 0.3) is 0 Å². The third kappa shape index (κ3) is 7.67. The molecule has 2 rings (SSSR count). The van der Waals surface area contributed by atoms with Crippen molar-refractivity contribution in [2.45, 2.75) is 95.9 Å². The Kier molecular flexibility index (Phi) is 9.73. The molecule has 0 aromatic heterocycles. The van der Waals surface area contributed by atoms with Crippen LogP contribution in [-0.4, -0.2) is 30.6 Å². The monoisotopic (exact) mass is 306 g/mol. The molecule has 2 nitrogen and oxygen atoms in total. The molecule has 0 amide bonds. The van der Waals surface area contributed by atoms with E-state index in [1.54, 1.807) is 0 Å². The number of nitrogens with one attached hydrogen (secondary N) is 1. The predicted molar refractivity (Wildman–Crippen MR) is 97.1 cm³/mol. The minimum absolute atomic E-state index is 0.852. The number of nitrogens with zero attached hydrogens (tertiary/aromatic N) is 1. The fraction of sp³-hybridized carbons (Fsp3) is 0.900. The maximum Gasteiger partial charge on any atom is 0.0269 e. The van der Waals surface area contributed by atoms with Gasteiger partial charge in [0.2, 0.25) is 0 Å². The van der Waals surface area contributed by atoms with Gasteiger partial charge in [0, 0.05) is 19.1 Å². The molecule has 1 aliphatic carbocycles. The fourth-order valence-corrected chi connectivity index (χ4v) is 4.02. The van der Waals surface area contributed by atoms with Crippen molar-refractivity contribution in [2.75, 3.05) is 19.6 Å². The molecule has 0 aromatic rings. The smallest absolute Gasteiger partial charge is 0.0269 e. The number of rotatable bonds is 1. The summed E-state index contributed by atoms with van der Waals surface area (Å²) in [5, 5.41) is 3.49. The highest BCUT2D eigenvalue weighted by Gasteiger charge is 2.18. The van der Waals surface area contributed by atoms with Crippen LogP contribution in [0.2, 0.25) is 0 Å². The van der Waals surface area contributed by atoms with Gasteiger partial charge in [0.25, 0.3) is 0 Å². The highest BCUT2D eigenvalue weighted by atomic mass is 15.2. The third-order valence-electron chi connectivity index (χ3n) is 5.44. The number of allylic oxidation sites excluding steroid dienone is 1. The van der Waals surface area contributed by atoms with E-state index in [1.807, 2.05) is 0 Å². The first-order chi connectivity index (χ1) is 11.0. The molecule has 0 unspecified atom stereocenters. The van der Waals surface area contributed by atoms with Crippen LogP contribution in [0, 0.1) is 0 Å². The second kappa shape index (κ2) is 12.0. The highest BCUT2D eigenvalue weighted by molar-refractivity contribution is 4.82. The minimum Gasteiger partial charge on any atom is -0.390 e. The summed E-state index contributed by atoms with van der Waals surface area (Å²) in [7, 11) is 0. The summed E-state index contributed by atoms with van der Waals surface area (Å²) < 4.78 is 0. The molecule has 128 valence electrons. The van der Waals surface area contributed by atoms with Gasteiger partial charge in [0.05, 0.1) is 0 Å². The molecule has 2 aliphatic rings. The largest absolute Gasteiger partial charge is 0.390 e. The van der Waals surface area contributed by atoms with E-state index in [0.29, 0.717) is 0 Å². The van der Waals surface area contributed by atoms with E-state index in [0.717, 1.165) is 12.6 Å². The van der Waals surface area contributed by atoms with Crippen LogP contribution in [0.3, 0.4) is 0 Å². The molecule has 0 radical (unpaired) electrons. The Morgan fingerprint density at radius 3 is 2.05 bits per heavy atom. The standard InChI is InChI=1S/C20H38N2/c1-2-4-7-11-15-20(14-10-6-3-1)22-18-13-9-5-8-12-16-21-17-19-22/h12,16,20-21H,1-11,13-15,17-19H2/b16-12-. The van der Waals surface area contributed by atoms with Crippen molar-refractivity contribution in [3.63, 3.8) is 0 Å². The van der Waals surface area contributed by atoms with E-state index in [4.69, 9.17) is 0 Å². The van der Waals surface area contributed by atoms with Crippen LogP contribution in [0.1, 0.15) is 89.9 Å². The van der Waals surface area contributed by atoms with E-state index in [2.05, 4.69) is 22.5 Å². The predicted octanol–water partition coefficient (Wildman–Crippen LogP) is 5.25. The molecule has 1 aliphatic heterocycles. The summed E-state index contributed by atoms with van der Waals surface area (Å²) in [5.74, 6) is 0. The molecule has 0 spiro atoms. The Hall–Kier alpha value is -0.500. The number of hydrogen-bond donors (Lipinski definition) is 1. The van der Waals surface area contributed by atoms with Gasteiger partial charge in [-0.2, -0.15) is 0 Å². The zero-order chi connectivity index (χ0) is 15.3. The van der Waals surface area contributed by atoms with Crippen LogP contribution >= 0.6 is 0 Å². The van der Waals surface area contributed by atoms with Gasteiger partial charge < -0.3 is 5.32 Å². The van der Waals surface area contributed by atoms with Crippen molar-refractivity contribution in [3.8, 4) is 0 Å². The summed E-state index contributed by atoms with van der Waals surface area (Å²) in [6.45, 7) is 3.67. The second-order valence-electron chi connectivity index (χ2n) is 7.30. The van der Waals surface area contributed by atoms with Gasteiger partial charge in [0.15, 0.2) is 0 Å². The van der Waals surface area contributed by atoms with Crippen molar-refractivity contribution in [2.24, 2.45) is 0 Å². The van der Waals surface area contributed by atoms with Crippen molar-refractivity contribution >= 4 is 0 Å². The second-order valence-corrected chi connectivity index (χ2v) is 7.30. The lowest BCUT2D eigenvalue weighted by atomic mass is 10.0.